The number of rotatable bonds is 7. The summed E-state index contributed by atoms with van der Waals surface area (Å²) in [5, 5.41) is 0. The minimum atomic E-state index is -3.85. The highest BCUT2D eigenvalue weighted by Crippen LogP contribution is 2.28. The number of ether oxygens (including phenoxy) is 1. The second-order valence-electron chi connectivity index (χ2n) is 7.95. The van der Waals surface area contributed by atoms with Gasteiger partial charge in [0.1, 0.15) is 5.82 Å². The molecule has 1 saturated heterocycles. The van der Waals surface area contributed by atoms with Gasteiger partial charge in [-0.15, -0.1) is 0 Å². The molecule has 1 unspecified atom stereocenters. The van der Waals surface area contributed by atoms with Crippen LogP contribution in [0.15, 0.2) is 71.6 Å². The van der Waals surface area contributed by atoms with Crippen molar-refractivity contribution in [2.75, 3.05) is 13.1 Å². The largest absolute Gasteiger partial charge is 0.451 e. The number of para-hydroxylation sites is 1. The van der Waals surface area contributed by atoms with E-state index < -0.39 is 27.5 Å². The van der Waals surface area contributed by atoms with Gasteiger partial charge in [0.15, 0.2) is 23.1 Å². The lowest BCUT2D eigenvalue weighted by molar-refractivity contribution is 0.194. The van der Waals surface area contributed by atoms with Crippen LogP contribution in [0.5, 0.6) is 11.5 Å². The molecule has 1 heterocycles. The van der Waals surface area contributed by atoms with Crippen molar-refractivity contribution in [1.82, 2.24) is 9.62 Å². The zero-order valence-electron chi connectivity index (χ0n) is 17.7. The number of hydrogen-bond donors (Lipinski definition) is 1. The second kappa shape index (κ2) is 9.94. The number of nitrogens with one attached hydrogen (secondary N) is 1. The van der Waals surface area contributed by atoms with Crippen molar-refractivity contribution in [3.8, 4) is 11.5 Å². The molecule has 0 spiro atoms. The van der Waals surface area contributed by atoms with Gasteiger partial charge in [0, 0.05) is 19.1 Å². The number of halogens is 3. The molecule has 4 rings (SSSR count). The number of likely N-dealkylation sites (tertiary alicyclic amines) is 1. The first-order valence-electron chi connectivity index (χ1n) is 10.5. The quantitative estimate of drug-likeness (QED) is 0.530. The molecule has 0 radical (unpaired) electrons. The van der Waals surface area contributed by atoms with Gasteiger partial charge in [-0.3, -0.25) is 4.90 Å². The van der Waals surface area contributed by atoms with Crippen molar-refractivity contribution in [1.29, 1.82) is 0 Å². The number of nitrogens with zero attached hydrogens (tertiary/aromatic N) is 1. The van der Waals surface area contributed by atoms with Crippen LogP contribution in [0.25, 0.3) is 0 Å². The van der Waals surface area contributed by atoms with Crippen molar-refractivity contribution in [3.63, 3.8) is 0 Å². The minimum absolute atomic E-state index is 0.0615. The Morgan fingerprint density at radius 1 is 0.939 bits per heavy atom. The summed E-state index contributed by atoms with van der Waals surface area (Å²) in [5.74, 6) is -1.96. The van der Waals surface area contributed by atoms with Crippen LogP contribution in [0.2, 0.25) is 0 Å². The average molecular weight is 477 g/mol. The fourth-order valence-electron chi connectivity index (χ4n) is 3.85. The molecule has 1 fully saturated rings. The smallest absolute Gasteiger partial charge is 0.240 e. The fourth-order valence-corrected chi connectivity index (χ4v) is 5.14. The van der Waals surface area contributed by atoms with Crippen LogP contribution >= 0.6 is 0 Å². The predicted molar refractivity (Wildman–Crippen MR) is 118 cm³/mol. The van der Waals surface area contributed by atoms with E-state index in [-0.39, 0.29) is 22.4 Å². The van der Waals surface area contributed by atoms with Crippen molar-refractivity contribution >= 4 is 10.0 Å². The van der Waals surface area contributed by atoms with E-state index in [1.807, 2.05) is 4.90 Å². The summed E-state index contributed by atoms with van der Waals surface area (Å²) in [6.45, 7) is 1.58. The summed E-state index contributed by atoms with van der Waals surface area (Å²) in [7, 11) is -3.85. The zero-order chi connectivity index (χ0) is 23.4. The van der Waals surface area contributed by atoms with Gasteiger partial charge in [0.25, 0.3) is 0 Å². The molecule has 33 heavy (non-hydrogen) atoms. The van der Waals surface area contributed by atoms with E-state index in [4.69, 9.17) is 4.74 Å². The molecule has 5 nitrogen and oxygen atoms in total. The van der Waals surface area contributed by atoms with Crippen molar-refractivity contribution in [2.45, 2.75) is 30.3 Å². The SMILES string of the molecule is O=S(=O)(NC1CCCN(Cc2ccc(Oc3ccccc3F)c(F)c2)C1)c1cccc(F)c1. The van der Waals surface area contributed by atoms with E-state index in [2.05, 4.69) is 4.72 Å². The lowest BCUT2D eigenvalue weighted by Crippen LogP contribution is -2.47. The van der Waals surface area contributed by atoms with E-state index in [9.17, 15) is 21.6 Å². The maximum Gasteiger partial charge on any atom is 0.240 e. The summed E-state index contributed by atoms with van der Waals surface area (Å²) in [6, 6.07) is 14.8. The van der Waals surface area contributed by atoms with Gasteiger partial charge >= 0.3 is 0 Å². The number of piperidine rings is 1. The van der Waals surface area contributed by atoms with Gasteiger partial charge < -0.3 is 4.74 Å². The summed E-state index contributed by atoms with van der Waals surface area (Å²) < 4.78 is 74.9. The highest BCUT2D eigenvalue weighted by molar-refractivity contribution is 7.89. The Bertz CT molecular complexity index is 1240. The van der Waals surface area contributed by atoms with Crippen LogP contribution in [0.1, 0.15) is 18.4 Å². The molecule has 0 amide bonds. The Morgan fingerprint density at radius 2 is 1.73 bits per heavy atom. The second-order valence-corrected chi connectivity index (χ2v) is 9.66. The molecule has 174 valence electrons. The normalized spacial score (nSPS) is 17.1. The zero-order valence-corrected chi connectivity index (χ0v) is 18.5. The number of benzene rings is 3. The van der Waals surface area contributed by atoms with Gasteiger partial charge in [-0.25, -0.2) is 26.3 Å². The maximum atomic E-state index is 14.6. The van der Waals surface area contributed by atoms with E-state index in [0.717, 1.165) is 19.0 Å². The van der Waals surface area contributed by atoms with Crippen LogP contribution in [-0.2, 0) is 16.6 Å². The van der Waals surface area contributed by atoms with Crippen molar-refractivity contribution < 1.29 is 26.3 Å². The molecule has 0 aromatic heterocycles. The Hall–Kier alpha value is -2.88. The Labute approximate surface area is 190 Å². The highest BCUT2D eigenvalue weighted by atomic mass is 32.2. The summed E-state index contributed by atoms with van der Waals surface area (Å²) in [6.07, 6.45) is 1.40. The molecule has 1 N–H and O–H groups in total. The average Bonchev–Trinajstić information content (AvgIpc) is 2.77. The summed E-state index contributed by atoms with van der Waals surface area (Å²) >= 11 is 0. The van der Waals surface area contributed by atoms with Crippen molar-refractivity contribution in [3.05, 3.63) is 89.7 Å². The van der Waals surface area contributed by atoms with Crippen LogP contribution < -0.4 is 9.46 Å². The first kappa shape index (κ1) is 23.3. The third kappa shape index (κ3) is 5.93. The van der Waals surface area contributed by atoms with Crippen LogP contribution in [0, 0.1) is 17.5 Å². The summed E-state index contributed by atoms with van der Waals surface area (Å²) in [5.41, 5.74) is 0.682. The van der Waals surface area contributed by atoms with E-state index in [1.54, 1.807) is 12.1 Å². The van der Waals surface area contributed by atoms with Gasteiger partial charge in [-0.05, 0) is 67.4 Å². The Morgan fingerprint density at radius 3 is 2.48 bits per heavy atom. The molecular weight excluding hydrogens is 453 g/mol. The van der Waals surface area contributed by atoms with Crippen LogP contribution in [0.4, 0.5) is 13.2 Å². The molecule has 3 aromatic carbocycles. The fraction of sp³-hybridized carbons (Fsp3) is 0.250. The molecule has 0 bridgehead atoms. The van der Waals surface area contributed by atoms with Crippen molar-refractivity contribution in [2.24, 2.45) is 0 Å². The lowest BCUT2D eigenvalue weighted by atomic mass is 10.1. The number of sulfonamides is 1. The van der Waals surface area contributed by atoms with Crippen LogP contribution in [-0.4, -0.2) is 32.4 Å². The molecule has 1 aliphatic heterocycles. The number of hydrogen-bond acceptors (Lipinski definition) is 4. The standard InChI is InChI=1S/C24H23F3N2O3S/c25-18-5-3-7-20(14-18)33(30,31)28-19-6-4-12-29(16-19)15-17-10-11-24(22(27)13-17)32-23-9-2-1-8-21(23)26/h1-3,5,7-11,13-14,19,28H,4,6,12,15-16H2. The molecule has 1 atom stereocenters. The Balaban J connectivity index is 1.39. The topological polar surface area (TPSA) is 58.6 Å². The van der Waals surface area contributed by atoms with E-state index >= 15 is 0 Å². The monoisotopic (exact) mass is 476 g/mol. The maximum absolute atomic E-state index is 14.6. The lowest BCUT2D eigenvalue weighted by Gasteiger charge is -2.33. The molecule has 3 aromatic rings. The van der Waals surface area contributed by atoms with Gasteiger partial charge in [-0.1, -0.05) is 24.3 Å². The van der Waals surface area contributed by atoms with E-state index in [0.29, 0.717) is 25.1 Å². The van der Waals surface area contributed by atoms with Crippen LogP contribution in [0.3, 0.4) is 0 Å². The highest BCUT2D eigenvalue weighted by Gasteiger charge is 2.25. The Kier molecular flexibility index (Phi) is 7.02. The molecule has 9 heteroatoms. The van der Waals surface area contributed by atoms with Gasteiger partial charge in [0.2, 0.25) is 10.0 Å². The third-order valence-electron chi connectivity index (χ3n) is 5.39. The van der Waals surface area contributed by atoms with Gasteiger partial charge in [0.05, 0.1) is 4.90 Å². The summed E-state index contributed by atoms with van der Waals surface area (Å²) in [4.78, 5) is 1.90. The van der Waals surface area contributed by atoms with E-state index in [1.165, 1.54) is 48.5 Å². The van der Waals surface area contributed by atoms with Gasteiger partial charge in [-0.2, -0.15) is 0 Å². The first-order valence-corrected chi connectivity index (χ1v) is 12.0. The molecule has 1 aliphatic rings. The molecule has 0 aliphatic carbocycles. The predicted octanol–water partition coefficient (Wildman–Crippen LogP) is 4.84. The first-order chi connectivity index (χ1) is 15.8. The molecule has 0 saturated carbocycles. The minimum Gasteiger partial charge on any atom is -0.451 e. The molecular formula is C24H23F3N2O3S. The third-order valence-corrected chi connectivity index (χ3v) is 6.91.